The zero-order chi connectivity index (χ0) is 22.3. The molecule has 2 aromatic heterocycles. The fourth-order valence-corrected chi connectivity index (χ4v) is 4.38. The Bertz CT molecular complexity index is 1140. The summed E-state index contributed by atoms with van der Waals surface area (Å²) in [6, 6.07) is 8.16. The molecule has 0 amide bonds. The second kappa shape index (κ2) is 7.98. The van der Waals surface area contributed by atoms with Gasteiger partial charge < -0.3 is 9.84 Å². The van der Waals surface area contributed by atoms with E-state index < -0.39 is 11.9 Å². The van der Waals surface area contributed by atoms with Crippen molar-refractivity contribution in [2.75, 3.05) is 6.61 Å². The normalized spacial score (nSPS) is 14.9. The van der Waals surface area contributed by atoms with E-state index in [1.54, 1.807) is 0 Å². The Hall–Kier alpha value is -2.89. The molecule has 0 saturated heterocycles. The molecule has 4 rings (SSSR count). The van der Waals surface area contributed by atoms with Crippen molar-refractivity contribution < 1.29 is 14.6 Å². The Labute approximate surface area is 183 Å². The number of carbonyl (C=O) groups is 1. The van der Waals surface area contributed by atoms with Gasteiger partial charge in [0.25, 0.3) is 0 Å². The zero-order valence-corrected chi connectivity index (χ0v) is 19.0. The number of nitrogens with zero attached hydrogens (tertiary/aromatic N) is 3. The number of fused-ring (bicyclic) bond motifs is 2. The lowest BCUT2D eigenvalue weighted by Crippen LogP contribution is -2.18. The average molecular weight is 422 g/mol. The maximum Gasteiger partial charge on any atom is 0.311 e. The van der Waals surface area contributed by atoms with Crippen LogP contribution < -0.4 is 4.74 Å². The molecule has 0 aliphatic carbocycles. The summed E-state index contributed by atoms with van der Waals surface area (Å²) in [5.41, 5.74) is 5.98. The molecule has 164 valence electrons. The number of carboxylic acids is 1. The number of carboxylic acid groups (broad SMARTS) is 1. The summed E-state index contributed by atoms with van der Waals surface area (Å²) in [5.74, 6) is -0.541. The summed E-state index contributed by atoms with van der Waals surface area (Å²) >= 11 is 0. The molecule has 0 bridgehead atoms. The molecule has 0 saturated carbocycles. The lowest BCUT2D eigenvalue weighted by molar-refractivity contribution is -0.139. The Balaban J connectivity index is 2.04. The topological polar surface area (TPSA) is 76.7 Å². The molecule has 1 aliphatic rings. The first kappa shape index (κ1) is 21.3. The predicted octanol–water partition coefficient (Wildman–Crippen LogP) is 5.30. The SMILES string of the molecule is CCCC(C(=O)O)c1c(C)nc2cc(C(C)(C)C)nn2c1-c1ccc2c(c1)CCCO2. The monoisotopic (exact) mass is 421 g/mol. The largest absolute Gasteiger partial charge is 0.493 e. The molecule has 1 unspecified atom stereocenters. The van der Waals surface area contributed by atoms with E-state index >= 15 is 0 Å². The number of aromatic nitrogens is 3. The third-order valence-corrected chi connectivity index (χ3v) is 6.00. The average Bonchev–Trinajstić information content (AvgIpc) is 3.15. The lowest BCUT2D eigenvalue weighted by Gasteiger charge is -2.22. The molecular weight excluding hydrogens is 390 g/mol. The van der Waals surface area contributed by atoms with Gasteiger partial charge in [0.15, 0.2) is 5.65 Å². The van der Waals surface area contributed by atoms with E-state index in [0.29, 0.717) is 6.42 Å². The van der Waals surface area contributed by atoms with Crippen molar-refractivity contribution in [2.45, 2.75) is 71.6 Å². The minimum absolute atomic E-state index is 0.141. The van der Waals surface area contributed by atoms with Crippen LogP contribution in [-0.4, -0.2) is 32.3 Å². The lowest BCUT2D eigenvalue weighted by atomic mass is 9.88. The number of aryl methyl sites for hydroxylation is 2. The summed E-state index contributed by atoms with van der Waals surface area (Å²) < 4.78 is 7.65. The number of hydrogen-bond donors (Lipinski definition) is 1. The van der Waals surface area contributed by atoms with Crippen molar-refractivity contribution in [1.29, 1.82) is 0 Å². The molecule has 3 heterocycles. The van der Waals surface area contributed by atoms with Gasteiger partial charge in [0.05, 0.1) is 23.9 Å². The van der Waals surface area contributed by atoms with Crippen LogP contribution in [-0.2, 0) is 16.6 Å². The van der Waals surface area contributed by atoms with E-state index in [1.165, 1.54) is 0 Å². The first-order chi connectivity index (χ1) is 14.7. The van der Waals surface area contributed by atoms with Crippen LogP contribution in [0.3, 0.4) is 0 Å². The van der Waals surface area contributed by atoms with E-state index in [1.807, 2.05) is 36.6 Å². The Morgan fingerprint density at radius 2 is 2.06 bits per heavy atom. The van der Waals surface area contributed by atoms with E-state index in [9.17, 15) is 9.90 Å². The molecule has 6 nitrogen and oxygen atoms in total. The first-order valence-corrected chi connectivity index (χ1v) is 11.1. The first-order valence-electron chi connectivity index (χ1n) is 11.1. The Morgan fingerprint density at radius 1 is 1.29 bits per heavy atom. The highest BCUT2D eigenvalue weighted by Crippen LogP contribution is 2.38. The van der Waals surface area contributed by atoms with Crippen molar-refractivity contribution in [1.82, 2.24) is 14.6 Å². The van der Waals surface area contributed by atoms with Gasteiger partial charge in [0.2, 0.25) is 0 Å². The van der Waals surface area contributed by atoms with Crippen LogP contribution in [0.5, 0.6) is 5.75 Å². The second-order valence-electron chi connectivity index (χ2n) is 9.46. The van der Waals surface area contributed by atoms with Crippen molar-refractivity contribution in [3.63, 3.8) is 0 Å². The highest BCUT2D eigenvalue weighted by atomic mass is 16.5. The summed E-state index contributed by atoms with van der Waals surface area (Å²) in [7, 11) is 0. The predicted molar refractivity (Wildman–Crippen MR) is 121 cm³/mol. The summed E-state index contributed by atoms with van der Waals surface area (Å²) in [5, 5.41) is 15.0. The highest BCUT2D eigenvalue weighted by Gasteiger charge is 2.29. The molecule has 1 N–H and O–H groups in total. The minimum atomic E-state index is -0.822. The van der Waals surface area contributed by atoms with Crippen LogP contribution >= 0.6 is 0 Å². The molecule has 31 heavy (non-hydrogen) atoms. The third-order valence-electron chi connectivity index (χ3n) is 6.00. The van der Waals surface area contributed by atoms with Crippen LogP contribution in [0.2, 0.25) is 0 Å². The maximum atomic E-state index is 12.3. The maximum absolute atomic E-state index is 12.3. The van der Waals surface area contributed by atoms with Crippen LogP contribution in [0.25, 0.3) is 16.9 Å². The summed E-state index contributed by atoms with van der Waals surface area (Å²) in [6.07, 6.45) is 3.27. The van der Waals surface area contributed by atoms with Gasteiger partial charge in [-0.2, -0.15) is 5.10 Å². The van der Waals surface area contributed by atoms with Gasteiger partial charge >= 0.3 is 5.97 Å². The Morgan fingerprint density at radius 3 is 2.74 bits per heavy atom. The van der Waals surface area contributed by atoms with Crippen LogP contribution in [0.1, 0.15) is 75.4 Å². The highest BCUT2D eigenvalue weighted by molar-refractivity contribution is 5.82. The second-order valence-corrected chi connectivity index (χ2v) is 9.46. The van der Waals surface area contributed by atoms with E-state index in [4.69, 9.17) is 14.8 Å². The van der Waals surface area contributed by atoms with E-state index in [0.717, 1.165) is 71.0 Å². The van der Waals surface area contributed by atoms with Crippen molar-refractivity contribution in [3.8, 4) is 17.0 Å². The Kier molecular flexibility index (Phi) is 5.50. The molecular formula is C25H31N3O3. The number of rotatable bonds is 5. The number of hydrogen-bond acceptors (Lipinski definition) is 4. The quantitative estimate of drug-likeness (QED) is 0.605. The van der Waals surface area contributed by atoms with Crippen LogP contribution in [0.4, 0.5) is 0 Å². The fourth-order valence-electron chi connectivity index (χ4n) is 4.38. The van der Waals surface area contributed by atoms with E-state index in [2.05, 4.69) is 26.8 Å². The summed E-state index contributed by atoms with van der Waals surface area (Å²) in [6.45, 7) is 11.0. The molecule has 0 fully saturated rings. The van der Waals surface area contributed by atoms with Crippen molar-refractivity contribution >= 4 is 11.6 Å². The van der Waals surface area contributed by atoms with Crippen molar-refractivity contribution in [3.05, 3.63) is 46.8 Å². The van der Waals surface area contributed by atoms with Crippen molar-refractivity contribution in [2.24, 2.45) is 0 Å². The zero-order valence-electron chi connectivity index (χ0n) is 19.0. The molecule has 1 aromatic carbocycles. The third kappa shape index (κ3) is 3.91. The van der Waals surface area contributed by atoms with Crippen LogP contribution in [0, 0.1) is 6.92 Å². The van der Waals surface area contributed by atoms with E-state index in [-0.39, 0.29) is 5.41 Å². The molecule has 3 aromatic rings. The summed E-state index contributed by atoms with van der Waals surface area (Å²) in [4.78, 5) is 17.1. The number of aliphatic carboxylic acids is 1. The van der Waals surface area contributed by atoms with Gasteiger partial charge in [0.1, 0.15) is 5.75 Å². The van der Waals surface area contributed by atoms with Gasteiger partial charge in [-0.25, -0.2) is 9.50 Å². The standard InChI is InChI=1S/C25H31N3O3/c1-6-8-18(24(29)30)22-15(2)26-21-14-20(25(3,4)5)27-28(21)23(22)17-10-11-19-16(13-17)9-7-12-31-19/h10-11,13-14,18H,6-9,12H2,1-5H3,(H,29,30). The van der Waals surface area contributed by atoms with Gasteiger partial charge in [-0.1, -0.05) is 34.1 Å². The van der Waals surface area contributed by atoms with Gasteiger partial charge in [-0.15, -0.1) is 0 Å². The van der Waals surface area contributed by atoms with Gasteiger partial charge in [0, 0.05) is 28.3 Å². The molecule has 1 aliphatic heterocycles. The molecule has 6 heteroatoms. The minimum Gasteiger partial charge on any atom is -0.493 e. The van der Waals surface area contributed by atoms with Gasteiger partial charge in [-0.05, 0) is 49.9 Å². The molecule has 0 spiro atoms. The smallest absolute Gasteiger partial charge is 0.311 e. The molecule has 0 radical (unpaired) electrons. The van der Waals surface area contributed by atoms with Gasteiger partial charge in [-0.3, -0.25) is 4.79 Å². The fraction of sp³-hybridized carbons (Fsp3) is 0.480. The molecule has 1 atom stereocenters. The van der Waals surface area contributed by atoms with Crippen LogP contribution in [0.15, 0.2) is 24.3 Å². The number of ether oxygens (including phenoxy) is 1. The number of benzene rings is 1.